The molecular weight excluding hydrogens is 411 g/mol. The van der Waals surface area contributed by atoms with E-state index < -0.39 is 0 Å². The molecule has 7 heteroatoms. The van der Waals surface area contributed by atoms with Crippen molar-refractivity contribution < 1.29 is 8.91 Å². The van der Waals surface area contributed by atoms with Crippen LogP contribution in [0.1, 0.15) is 0 Å². The molecule has 0 aliphatic carbocycles. The molecule has 0 fully saturated rings. The zero-order chi connectivity index (χ0) is 14.3. The third kappa shape index (κ3) is 2.41. The number of rotatable bonds is 2. The van der Waals surface area contributed by atoms with Gasteiger partial charge in [0.25, 0.3) is 0 Å². The monoisotopic (exact) mass is 416 g/mol. The van der Waals surface area contributed by atoms with Crippen LogP contribution in [0.2, 0.25) is 0 Å². The Labute approximate surface area is 134 Å². The molecule has 2 aromatic heterocycles. The fourth-order valence-electron chi connectivity index (χ4n) is 1.82. The Morgan fingerprint density at radius 3 is 2.50 bits per heavy atom. The van der Waals surface area contributed by atoms with Crippen LogP contribution in [0.5, 0.6) is 0 Å². The van der Waals surface area contributed by atoms with Crippen LogP contribution in [0.3, 0.4) is 0 Å². The summed E-state index contributed by atoms with van der Waals surface area (Å²) in [6, 6.07) is 7.98. The Balaban J connectivity index is 2.16. The summed E-state index contributed by atoms with van der Waals surface area (Å²) < 4.78 is 20.2. The van der Waals surface area contributed by atoms with E-state index in [9.17, 15) is 4.39 Å². The van der Waals surface area contributed by atoms with Gasteiger partial charge in [0.2, 0.25) is 0 Å². The van der Waals surface area contributed by atoms with Crippen LogP contribution < -0.4 is 5.73 Å². The van der Waals surface area contributed by atoms with Crippen molar-refractivity contribution >= 4 is 49.0 Å². The van der Waals surface area contributed by atoms with Gasteiger partial charge in [0, 0.05) is 4.47 Å². The molecule has 0 amide bonds. The normalized spacial score (nSPS) is 10.9. The van der Waals surface area contributed by atoms with Crippen LogP contribution in [0.15, 0.2) is 43.1 Å². The molecule has 3 aromatic rings. The van der Waals surface area contributed by atoms with Gasteiger partial charge in [-0.1, -0.05) is 17.3 Å². The number of nitrogens with zero attached hydrogens (tertiary/aromatic N) is 1. The van der Waals surface area contributed by atoms with E-state index in [-0.39, 0.29) is 11.6 Å². The van der Waals surface area contributed by atoms with E-state index in [0.717, 1.165) is 18.7 Å². The standard InChI is InChI=1S/C13H7Br2FN2OS/c14-8-5-9(20-12(8)15)11-10(13(17)18-19-11)6-1-3-7(16)4-2-6/h1-5H,(H2,17,18). The van der Waals surface area contributed by atoms with Crippen molar-refractivity contribution in [3.63, 3.8) is 0 Å². The topological polar surface area (TPSA) is 52.0 Å². The smallest absolute Gasteiger partial charge is 0.186 e. The number of hydrogen-bond donors (Lipinski definition) is 1. The molecule has 0 saturated heterocycles. The predicted molar refractivity (Wildman–Crippen MR) is 85.0 cm³/mol. The zero-order valence-corrected chi connectivity index (χ0v) is 13.9. The molecule has 3 rings (SSSR count). The molecule has 20 heavy (non-hydrogen) atoms. The van der Waals surface area contributed by atoms with E-state index in [4.69, 9.17) is 10.3 Å². The van der Waals surface area contributed by atoms with Crippen LogP contribution in [0, 0.1) is 5.82 Å². The summed E-state index contributed by atoms with van der Waals surface area (Å²) in [6.07, 6.45) is 0. The van der Waals surface area contributed by atoms with E-state index in [0.29, 0.717) is 11.3 Å². The maximum Gasteiger partial charge on any atom is 0.186 e. The lowest BCUT2D eigenvalue weighted by atomic mass is 10.1. The van der Waals surface area contributed by atoms with Gasteiger partial charge in [0.05, 0.1) is 14.2 Å². The number of benzene rings is 1. The van der Waals surface area contributed by atoms with E-state index in [1.807, 2.05) is 6.07 Å². The fraction of sp³-hybridized carbons (Fsp3) is 0. The first-order chi connectivity index (χ1) is 9.56. The minimum atomic E-state index is -0.299. The number of thiophene rings is 1. The maximum absolute atomic E-state index is 13.0. The van der Waals surface area contributed by atoms with Crippen LogP contribution in [0.25, 0.3) is 21.8 Å². The second-order valence-electron chi connectivity index (χ2n) is 4.01. The highest BCUT2D eigenvalue weighted by molar-refractivity contribution is 9.13. The molecule has 0 aliphatic heterocycles. The number of anilines is 1. The van der Waals surface area contributed by atoms with Crippen LogP contribution >= 0.6 is 43.2 Å². The molecule has 2 N–H and O–H groups in total. The van der Waals surface area contributed by atoms with E-state index >= 15 is 0 Å². The molecule has 102 valence electrons. The molecule has 0 unspecified atom stereocenters. The zero-order valence-electron chi connectivity index (χ0n) is 9.86. The summed E-state index contributed by atoms with van der Waals surface area (Å²) in [6.45, 7) is 0. The van der Waals surface area contributed by atoms with Crippen molar-refractivity contribution in [1.29, 1.82) is 0 Å². The number of aromatic nitrogens is 1. The Hall–Kier alpha value is -1.18. The fourth-order valence-corrected chi connectivity index (χ4v) is 3.84. The van der Waals surface area contributed by atoms with Crippen LogP contribution in [-0.4, -0.2) is 5.16 Å². The summed E-state index contributed by atoms with van der Waals surface area (Å²) in [4.78, 5) is 0.882. The first-order valence-corrected chi connectivity index (χ1v) is 7.93. The van der Waals surface area contributed by atoms with Gasteiger partial charge in [-0.15, -0.1) is 11.3 Å². The Kier molecular flexibility index (Phi) is 3.66. The van der Waals surface area contributed by atoms with Gasteiger partial charge < -0.3 is 10.3 Å². The minimum absolute atomic E-state index is 0.284. The van der Waals surface area contributed by atoms with Crippen molar-refractivity contribution in [3.8, 4) is 21.8 Å². The molecule has 3 nitrogen and oxygen atoms in total. The van der Waals surface area contributed by atoms with Gasteiger partial charge in [-0.25, -0.2) is 4.39 Å². The highest BCUT2D eigenvalue weighted by atomic mass is 79.9. The van der Waals surface area contributed by atoms with E-state index in [1.54, 1.807) is 12.1 Å². The van der Waals surface area contributed by atoms with Crippen LogP contribution in [-0.2, 0) is 0 Å². The molecular formula is C13H7Br2FN2OS. The molecule has 0 radical (unpaired) electrons. The molecule has 0 aliphatic rings. The second kappa shape index (κ2) is 5.31. The number of halogens is 3. The first-order valence-electron chi connectivity index (χ1n) is 5.52. The van der Waals surface area contributed by atoms with Crippen molar-refractivity contribution in [3.05, 3.63) is 44.4 Å². The average molecular weight is 418 g/mol. The van der Waals surface area contributed by atoms with Gasteiger partial charge >= 0.3 is 0 Å². The van der Waals surface area contributed by atoms with Crippen LogP contribution in [0.4, 0.5) is 10.2 Å². The average Bonchev–Trinajstić information content (AvgIpc) is 2.95. The summed E-state index contributed by atoms with van der Waals surface area (Å²) in [5.74, 6) is 0.560. The molecule has 2 heterocycles. The Bertz CT molecular complexity index is 748. The second-order valence-corrected chi connectivity index (χ2v) is 7.24. The van der Waals surface area contributed by atoms with Crippen molar-refractivity contribution in [1.82, 2.24) is 5.16 Å². The van der Waals surface area contributed by atoms with Gasteiger partial charge in [-0.05, 0) is 55.6 Å². The lowest BCUT2D eigenvalue weighted by Crippen LogP contribution is -1.88. The summed E-state index contributed by atoms with van der Waals surface area (Å²) >= 11 is 8.37. The number of nitrogen functional groups attached to an aromatic ring is 1. The first kappa shape index (κ1) is 13.8. The predicted octanol–water partition coefficient (Wildman–Crippen LogP) is 5.32. The molecule has 1 aromatic carbocycles. The van der Waals surface area contributed by atoms with E-state index in [1.165, 1.54) is 23.5 Å². The summed E-state index contributed by atoms with van der Waals surface area (Å²) in [5, 5.41) is 3.82. The van der Waals surface area contributed by atoms with Crippen molar-refractivity contribution in [2.75, 3.05) is 5.73 Å². The third-order valence-electron chi connectivity index (χ3n) is 2.72. The van der Waals surface area contributed by atoms with Crippen molar-refractivity contribution in [2.24, 2.45) is 0 Å². The largest absolute Gasteiger partial charge is 0.380 e. The molecule has 0 spiro atoms. The van der Waals surface area contributed by atoms with Gasteiger partial charge in [-0.3, -0.25) is 0 Å². The van der Waals surface area contributed by atoms with Gasteiger partial charge in [0.15, 0.2) is 11.6 Å². The molecule has 0 bridgehead atoms. The highest BCUT2D eigenvalue weighted by Crippen LogP contribution is 2.43. The number of nitrogens with two attached hydrogens (primary N) is 1. The summed E-state index contributed by atoms with van der Waals surface area (Å²) in [7, 11) is 0. The third-order valence-corrected chi connectivity index (χ3v) is 5.98. The van der Waals surface area contributed by atoms with Gasteiger partial charge in [-0.2, -0.15) is 0 Å². The Morgan fingerprint density at radius 1 is 1.20 bits per heavy atom. The maximum atomic E-state index is 13.0. The lowest BCUT2D eigenvalue weighted by molar-refractivity contribution is 0.437. The van der Waals surface area contributed by atoms with E-state index in [2.05, 4.69) is 37.0 Å². The summed E-state index contributed by atoms with van der Waals surface area (Å²) in [5.41, 5.74) is 7.31. The number of hydrogen-bond acceptors (Lipinski definition) is 4. The Morgan fingerprint density at radius 2 is 1.90 bits per heavy atom. The quantitative estimate of drug-likeness (QED) is 0.614. The van der Waals surface area contributed by atoms with Gasteiger partial charge in [0.1, 0.15) is 5.82 Å². The minimum Gasteiger partial charge on any atom is -0.380 e. The molecule has 0 saturated carbocycles. The highest BCUT2D eigenvalue weighted by Gasteiger charge is 2.20. The SMILES string of the molecule is Nc1noc(-c2cc(Br)c(Br)s2)c1-c1ccc(F)cc1. The molecule has 0 atom stereocenters. The van der Waals surface area contributed by atoms with Crippen molar-refractivity contribution in [2.45, 2.75) is 0 Å². The lowest BCUT2D eigenvalue weighted by Gasteiger charge is -2.00.